The minimum absolute atomic E-state index is 0.0470. The number of likely N-dealkylation sites (tertiary alicyclic amines) is 2. The molecule has 3 aliphatic rings. The van der Waals surface area contributed by atoms with Crippen molar-refractivity contribution in [1.29, 1.82) is 0 Å². The molecule has 2 saturated heterocycles. The summed E-state index contributed by atoms with van der Waals surface area (Å²) in [4.78, 5) is 15.9. The molecule has 0 bridgehead atoms. The Labute approximate surface area is 152 Å². The lowest BCUT2D eigenvalue weighted by molar-refractivity contribution is -0.386. The second-order valence-electron chi connectivity index (χ2n) is 6.97. The van der Waals surface area contributed by atoms with E-state index in [0.29, 0.717) is 16.3 Å². The third-order valence-corrected chi connectivity index (χ3v) is 5.81. The Bertz CT molecular complexity index is 745. The first-order valence-electron chi connectivity index (χ1n) is 8.89. The Morgan fingerprint density at radius 1 is 1.32 bits per heavy atom. The molecule has 0 saturated carbocycles. The fourth-order valence-corrected chi connectivity index (χ4v) is 4.49. The van der Waals surface area contributed by atoms with Gasteiger partial charge < -0.3 is 4.74 Å². The highest BCUT2D eigenvalue weighted by Crippen LogP contribution is 2.47. The van der Waals surface area contributed by atoms with Gasteiger partial charge in [-0.3, -0.25) is 19.9 Å². The van der Waals surface area contributed by atoms with Crippen molar-refractivity contribution in [2.75, 3.05) is 32.7 Å². The van der Waals surface area contributed by atoms with E-state index in [1.54, 1.807) is 6.07 Å². The van der Waals surface area contributed by atoms with E-state index in [4.69, 9.17) is 16.3 Å². The molecule has 0 N–H and O–H groups in total. The largest absolute Gasteiger partial charge is 0.461 e. The van der Waals surface area contributed by atoms with Crippen LogP contribution in [-0.4, -0.2) is 53.2 Å². The minimum Gasteiger partial charge on any atom is -0.461 e. The van der Waals surface area contributed by atoms with E-state index in [2.05, 4.69) is 22.8 Å². The smallest absolute Gasteiger partial charge is 0.313 e. The molecule has 6 nitrogen and oxygen atoms in total. The lowest BCUT2D eigenvalue weighted by Crippen LogP contribution is -2.60. The third kappa shape index (κ3) is 2.72. The summed E-state index contributed by atoms with van der Waals surface area (Å²) in [6, 6.07) is 3.15. The number of hydrogen-bond acceptors (Lipinski definition) is 5. The maximum Gasteiger partial charge on any atom is 0.313 e. The summed E-state index contributed by atoms with van der Waals surface area (Å²) in [6.45, 7) is 6.84. The van der Waals surface area contributed by atoms with Crippen molar-refractivity contribution in [1.82, 2.24) is 9.80 Å². The van der Waals surface area contributed by atoms with Crippen molar-refractivity contribution in [3.05, 3.63) is 38.4 Å². The highest BCUT2D eigenvalue weighted by Gasteiger charge is 2.49. The predicted molar refractivity (Wildman–Crippen MR) is 97.0 cm³/mol. The summed E-state index contributed by atoms with van der Waals surface area (Å²) in [6.07, 6.45) is 5.18. The SMILES string of the molecule is CCN1CCC2(N3CCCC3)Oc3c(cc(Cl)cc3[N+](=O)[O-])C=C2C1. The van der Waals surface area contributed by atoms with Crippen LogP contribution >= 0.6 is 11.6 Å². The molecule has 0 amide bonds. The highest BCUT2D eigenvalue weighted by molar-refractivity contribution is 6.31. The first-order valence-corrected chi connectivity index (χ1v) is 9.26. The van der Waals surface area contributed by atoms with Crippen LogP contribution in [0.4, 0.5) is 5.69 Å². The molecule has 2 fully saturated rings. The number of benzene rings is 1. The number of nitrogens with zero attached hydrogens (tertiary/aromatic N) is 3. The molecule has 1 unspecified atom stereocenters. The standard InChI is InChI=1S/C18H22ClN3O3/c1-2-20-8-5-18(21-6-3-4-7-21)14(12-20)9-13-10-15(19)11-16(22(23)24)17(13)25-18/h9-11H,2-8,12H2,1H3. The zero-order valence-electron chi connectivity index (χ0n) is 14.3. The van der Waals surface area contributed by atoms with Crippen LogP contribution in [0.25, 0.3) is 6.08 Å². The molecule has 0 radical (unpaired) electrons. The fourth-order valence-electron chi connectivity index (χ4n) is 4.27. The minimum atomic E-state index is -0.548. The van der Waals surface area contributed by atoms with Gasteiger partial charge in [0.1, 0.15) is 0 Å². The Morgan fingerprint density at radius 2 is 2.08 bits per heavy atom. The lowest BCUT2D eigenvalue weighted by Gasteiger charge is -2.50. The molecular formula is C18H22ClN3O3. The number of likely N-dealkylation sites (N-methyl/N-ethyl adjacent to an activating group) is 1. The molecule has 0 spiro atoms. The van der Waals surface area contributed by atoms with E-state index in [1.165, 1.54) is 11.6 Å². The highest BCUT2D eigenvalue weighted by atomic mass is 35.5. The van der Waals surface area contributed by atoms with Crippen LogP contribution in [0.15, 0.2) is 17.7 Å². The normalized spacial score (nSPS) is 26.6. The average molecular weight is 364 g/mol. The topological polar surface area (TPSA) is 58.8 Å². The van der Waals surface area contributed by atoms with Crippen molar-refractivity contribution in [3.63, 3.8) is 0 Å². The van der Waals surface area contributed by atoms with Crippen LogP contribution in [0, 0.1) is 10.1 Å². The van der Waals surface area contributed by atoms with Crippen LogP contribution in [-0.2, 0) is 0 Å². The summed E-state index contributed by atoms with van der Waals surface area (Å²) in [7, 11) is 0. The molecule has 134 valence electrons. The molecule has 0 aliphatic carbocycles. The van der Waals surface area contributed by atoms with Crippen LogP contribution in [0.3, 0.4) is 0 Å². The molecule has 4 rings (SSSR count). The Balaban J connectivity index is 1.85. The van der Waals surface area contributed by atoms with Crippen molar-refractivity contribution in [2.45, 2.75) is 31.9 Å². The zero-order valence-corrected chi connectivity index (χ0v) is 15.1. The van der Waals surface area contributed by atoms with E-state index >= 15 is 0 Å². The van der Waals surface area contributed by atoms with E-state index < -0.39 is 10.6 Å². The Hall–Kier alpha value is -1.63. The number of nitro benzene ring substituents is 1. The van der Waals surface area contributed by atoms with Gasteiger partial charge in [0, 0.05) is 54.8 Å². The van der Waals surface area contributed by atoms with Crippen molar-refractivity contribution >= 4 is 23.4 Å². The molecule has 0 aromatic heterocycles. The van der Waals surface area contributed by atoms with E-state index in [0.717, 1.165) is 52.0 Å². The van der Waals surface area contributed by atoms with E-state index in [1.807, 2.05) is 0 Å². The van der Waals surface area contributed by atoms with Gasteiger partial charge in [-0.05, 0) is 31.5 Å². The fraction of sp³-hybridized carbons (Fsp3) is 0.556. The van der Waals surface area contributed by atoms with Crippen LogP contribution < -0.4 is 4.74 Å². The number of ether oxygens (including phenoxy) is 1. The van der Waals surface area contributed by atoms with Crippen LogP contribution in [0.1, 0.15) is 31.7 Å². The second kappa shape index (κ2) is 6.27. The van der Waals surface area contributed by atoms with E-state index in [-0.39, 0.29) is 5.69 Å². The van der Waals surface area contributed by atoms with Gasteiger partial charge in [0.15, 0.2) is 5.72 Å². The summed E-state index contributed by atoms with van der Waals surface area (Å²) in [5.74, 6) is 0.356. The summed E-state index contributed by atoms with van der Waals surface area (Å²) in [5, 5.41) is 11.9. The molecule has 1 aromatic carbocycles. The van der Waals surface area contributed by atoms with Gasteiger partial charge in [0.25, 0.3) is 0 Å². The number of hydrogen-bond donors (Lipinski definition) is 0. The maximum atomic E-state index is 11.5. The van der Waals surface area contributed by atoms with E-state index in [9.17, 15) is 10.1 Å². The number of nitro groups is 1. The Kier molecular flexibility index (Phi) is 4.22. The number of piperidine rings is 1. The van der Waals surface area contributed by atoms with Gasteiger partial charge >= 0.3 is 5.69 Å². The van der Waals surface area contributed by atoms with Gasteiger partial charge in [-0.25, -0.2) is 0 Å². The molecule has 3 heterocycles. The maximum absolute atomic E-state index is 11.5. The van der Waals surface area contributed by atoms with Crippen LogP contribution in [0.2, 0.25) is 5.02 Å². The van der Waals surface area contributed by atoms with Gasteiger partial charge in [0.05, 0.1) is 4.92 Å². The molecule has 1 atom stereocenters. The van der Waals surface area contributed by atoms with Gasteiger partial charge in [-0.1, -0.05) is 18.5 Å². The molecule has 3 aliphatic heterocycles. The van der Waals surface area contributed by atoms with Gasteiger partial charge in [0.2, 0.25) is 5.75 Å². The van der Waals surface area contributed by atoms with Crippen molar-refractivity contribution in [2.24, 2.45) is 0 Å². The average Bonchev–Trinajstić information content (AvgIpc) is 3.13. The summed E-state index contributed by atoms with van der Waals surface area (Å²) >= 11 is 6.11. The van der Waals surface area contributed by atoms with Crippen molar-refractivity contribution < 1.29 is 9.66 Å². The lowest BCUT2D eigenvalue weighted by atomic mass is 9.88. The van der Waals surface area contributed by atoms with Crippen LogP contribution in [0.5, 0.6) is 5.75 Å². The summed E-state index contributed by atoms with van der Waals surface area (Å²) in [5.41, 5.74) is 1.30. The number of fused-ring (bicyclic) bond motifs is 2. The van der Waals surface area contributed by atoms with Crippen molar-refractivity contribution in [3.8, 4) is 5.75 Å². The number of halogens is 1. The molecule has 7 heteroatoms. The third-order valence-electron chi connectivity index (χ3n) is 5.59. The second-order valence-corrected chi connectivity index (χ2v) is 7.41. The van der Waals surface area contributed by atoms with Gasteiger partial charge in [-0.15, -0.1) is 0 Å². The zero-order chi connectivity index (χ0) is 17.6. The number of rotatable bonds is 3. The molecular weight excluding hydrogens is 342 g/mol. The predicted octanol–water partition coefficient (Wildman–Crippen LogP) is 3.54. The molecule has 25 heavy (non-hydrogen) atoms. The quantitative estimate of drug-likeness (QED) is 0.607. The Morgan fingerprint density at radius 3 is 2.76 bits per heavy atom. The first-order chi connectivity index (χ1) is 12.0. The summed E-state index contributed by atoms with van der Waals surface area (Å²) < 4.78 is 6.48. The van der Waals surface area contributed by atoms with Gasteiger partial charge in [-0.2, -0.15) is 0 Å². The molecule has 1 aromatic rings. The monoisotopic (exact) mass is 363 g/mol. The first kappa shape index (κ1) is 16.8.